The number of aromatic nitrogens is 3. The summed E-state index contributed by atoms with van der Waals surface area (Å²) in [6.45, 7) is 0.379. The molecular formula is C21H17ClN4O3S. The highest BCUT2D eigenvalue weighted by Gasteiger charge is 2.39. The number of nitrogens with zero attached hydrogens (tertiary/aromatic N) is 4. The monoisotopic (exact) mass is 440 g/mol. The van der Waals surface area contributed by atoms with Crippen LogP contribution in [-0.2, 0) is 10.0 Å². The van der Waals surface area contributed by atoms with Crippen molar-refractivity contribution in [2.75, 3.05) is 6.54 Å². The Balaban J connectivity index is 1.51. The maximum absolute atomic E-state index is 13.2. The number of benzene rings is 2. The van der Waals surface area contributed by atoms with E-state index in [4.69, 9.17) is 16.0 Å². The molecule has 0 spiro atoms. The van der Waals surface area contributed by atoms with Crippen LogP contribution in [0.3, 0.4) is 0 Å². The number of halogens is 1. The van der Waals surface area contributed by atoms with E-state index in [2.05, 4.69) is 15.2 Å². The van der Waals surface area contributed by atoms with Crippen molar-refractivity contribution in [1.82, 2.24) is 19.5 Å². The summed E-state index contributed by atoms with van der Waals surface area (Å²) in [5, 5.41) is 10.6. The second-order valence-corrected chi connectivity index (χ2v) is 9.38. The maximum atomic E-state index is 13.2. The van der Waals surface area contributed by atoms with Gasteiger partial charge in [0.15, 0.2) is 0 Å². The fourth-order valence-corrected chi connectivity index (χ4v) is 5.74. The first-order chi connectivity index (χ1) is 14.5. The summed E-state index contributed by atoms with van der Waals surface area (Å²) in [6, 6.07) is 15.4. The van der Waals surface area contributed by atoms with Crippen LogP contribution in [0.2, 0.25) is 5.02 Å². The van der Waals surface area contributed by atoms with Crippen LogP contribution in [0.15, 0.2) is 70.1 Å². The van der Waals surface area contributed by atoms with E-state index in [1.165, 1.54) is 16.4 Å². The molecule has 30 heavy (non-hydrogen) atoms. The third-order valence-electron chi connectivity index (χ3n) is 5.21. The largest absolute Gasteiger partial charge is 0.417 e. The zero-order valence-electron chi connectivity index (χ0n) is 15.8. The molecule has 1 atom stereocenters. The third kappa shape index (κ3) is 3.27. The molecule has 0 radical (unpaired) electrons. The van der Waals surface area contributed by atoms with Crippen LogP contribution in [0, 0.1) is 0 Å². The Morgan fingerprint density at radius 1 is 1.07 bits per heavy atom. The van der Waals surface area contributed by atoms with Crippen molar-refractivity contribution < 1.29 is 12.8 Å². The first-order valence-electron chi connectivity index (χ1n) is 9.49. The smallest absolute Gasteiger partial charge is 0.266 e. The molecule has 2 aromatic heterocycles. The Bertz CT molecular complexity index is 1330. The fourth-order valence-electron chi connectivity index (χ4n) is 3.79. The number of rotatable bonds is 4. The summed E-state index contributed by atoms with van der Waals surface area (Å²) in [5.41, 5.74) is 0.578. The third-order valence-corrected chi connectivity index (χ3v) is 7.35. The van der Waals surface area contributed by atoms with Crippen molar-refractivity contribution in [1.29, 1.82) is 0 Å². The van der Waals surface area contributed by atoms with Crippen molar-refractivity contribution in [3.05, 3.63) is 71.7 Å². The number of hydrogen-bond donors (Lipinski definition) is 0. The average Bonchev–Trinajstić information content (AvgIpc) is 3.43. The van der Waals surface area contributed by atoms with Crippen LogP contribution in [0.25, 0.3) is 22.4 Å². The van der Waals surface area contributed by atoms with Crippen LogP contribution in [0.1, 0.15) is 24.8 Å². The lowest BCUT2D eigenvalue weighted by molar-refractivity contribution is 0.332. The quantitative estimate of drug-likeness (QED) is 0.465. The number of hydrogen-bond acceptors (Lipinski definition) is 6. The molecule has 5 rings (SSSR count). The van der Waals surface area contributed by atoms with Crippen molar-refractivity contribution in [3.8, 4) is 11.6 Å². The normalized spacial score (nSPS) is 17.6. The van der Waals surface area contributed by atoms with Crippen molar-refractivity contribution in [2.45, 2.75) is 23.8 Å². The molecule has 3 heterocycles. The molecule has 1 aliphatic heterocycles. The van der Waals surface area contributed by atoms with E-state index in [1.807, 2.05) is 30.3 Å². The summed E-state index contributed by atoms with van der Waals surface area (Å²) in [7, 11) is -3.74. The van der Waals surface area contributed by atoms with Crippen LogP contribution >= 0.6 is 11.6 Å². The van der Waals surface area contributed by atoms with E-state index in [-0.39, 0.29) is 16.7 Å². The molecule has 9 heteroatoms. The lowest BCUT2D eigenvalue weighted by Gasteiger charge is -2.21. The predicted octanol–water partition coefficient (Wildman–Crippen LogP) is 4.46. The number of fused-ring (bicyclic) bond motifs is 1. The molecule has 0 unspecified atom stereocenters. The minimum absolute atomic E-state index is 0.150. The van der Waals surface area contributed by atoms with Gasteiger partial charge < -0.3 is 4.42 Å². The molecule has 0 bridgehead atoms. The van der Waals surface area contributed by atoms with Gasteiger partial charge in [0.05, 0.1) is 4.90 Å². The molecule has 0 aliphatic carbocycles. The summed E-state index contributed by atoms with van der Waals surface area (Å²) < 4.78 is 33.7. The maximum Gasteiger partial charge on any atom is 0.266 e. The molecule has 2 aromatic carbocycles. The SMILES string of the molecule is O=S(=O)(c1cccc(Cl)c1)N1CCC[C@H]1c1nnc(-c2nccc3ccccc23)o1. The molecule has 1 fully saturated rings. The van der Waals surface area contributed by atoms with Crippen LogP contribution < -0.4 is 0 Å². The molecule has 152 valence electrons. The summed E-state index contributed by atoms with van der Waals surface area (Å²) >= 11 is 6.00. The van der Waals surface area contributed by atoms with Gasteiger partial charge in [0.1, 0.15) is 11.7 Å². The Labute approximate surface area is 178 Å². The molecule has 1 saturated heterocycles. The van der Waals surface area contributed by atoms with Crippen LogP contribution in [-0.4, -0.2) is 34.4 Å². The van der Waals surface area contributed by atoms with E-state index in [9.17, 15) is 8.42 Å². The molecule has 0 saturated carbocycles. The van der Waals surface area contributed by atoms with Gasteiger partial charge >= 0.3 is 0 Å². The van der Waals surface area contributed by atoms with E-state index in [1.54, 1.807) is 18.3 Å². The van der Waals surface area contributed by atoms with E-state index in [0.29, 0.717) is 30.1 Å². The number of sulfonamides is 1. The van der Waals surface area contributed by atoms with Gasteiger partial charge in [0, 0.05) is 23.2 Å². The Kier molecular flexibility index (Phi) is 4.77. The minimum atomic E-state index is -3.74. The average molecular weight is 441 g/mol. The van der Waals surface area contributed by atoms with Gasteiger partial charge in [-0.1, -0.05) is 41.9 Å². The van der Waals surface area contributed by atoms with Gasteiger partial charge in [-0.2, -0.15) is 4.31 Å². The Morgan fingerprint density at radius 3 is 2.80 bits per heavy atom. The van der Waals surface area contributed by atoms with Crippen LogP contribution in [0.5, 0.6) is 0 Å². The molecular weight excluding hydrogens is 424 g/mol. The fraction of sp³-hybridized carbons (Fsp3) is 0.190. The van der Waals surface area contributed by atoms with Gasteiger partial charge in [0.25, 0.3) is 5.89 Å². The van der Waals surface area contributed by atoms with Crippen LogP contribution in [0.4, 0.5) is 0 Å². The zero-order chi connectivity index (χ0) is 20.7. The lowest BCUT2D eigenvalue weighted by atomic mass is 10.1. The second kappa shape index (κ2) is 7.46. The van der Waals surface area contributed by atoms with Gasteiger partial charge in [-0.3, -0.25) is 4.98 Å². The number of pyridine rings is 1. The van der Waals surface area contributed by atoms with Crippen molar-refractivity contribution in [2.24, 2.45) is 0 Å². The van der Waals surface area contributed by atoms with E-state index < -0.39 is 16.1 Å². The Hall–Kier alpha value is -2.81. The Morgan fingerprint density at radius 2 is 1.93 bits per heavy atom. The van der Waals surface area contributed by atoms with Gasteiger partial charge in [-0.15, -0.1) is 10.2 Å². The molecule has 4 aromatic rings. The first kappa shape index (κ1) is 19.2. The topological polar surface area (TPSA) is 89.2 Å². The highest BCUT2D eigenvalue weighted by molar-refractivity contribution is 7.89. The predicted molar refractivity (Wildman–Crippen MR) is 112 cm³/mol. The van der Waals surface area contributed by atoms with Gasteiger partial charge in [-0.25, -0.2) is 8.42 Å². The van der Waals surface area contributed by atoms with E-state index >= 15 is 0 Å². The standard InChI is InChI=1S/C21H17ClN4O3S/c22-15-6-3-7-16(13-15)30(27,28)26-12-4-9-18(26)20-24-25-21(29-20)19-17-8-2-1-5-14(17)10-11-23-19/h1-3,5-8,10-11,13,18H,4,9,12H2/t18-/m0/s1. The van der Waals surface area contributed by atoms with Crippen molar-refractivity contribution in [3.63, 3.8) is 0 Å². The summed E-state index contributed by atoms with van der Waals surface area (Å²) in [4.78, 5) is 4.55. The van der Waals surface area contributed by atoms with E-state index in [0.717, 1.165) is 10.8 Å². The molecule has 0 amide bonds. The second-order valence-electron chi connectivity index (χ2n) is 7.06. The lowest BCUT2D eigenvalue weighted by Crippen LogP contribution is -2.30. The minimum Gasteiger partial charge on any atom is -0.417 e. The molecule has 0 N–H and O–H groups in total. The molecule has 7 nitrogen and oxygen atoms in total. The van der Waals surface area contributed by atoms with Gasteiger partial charge in [0.2, 0.25) is 15.9 Å². The highest BCUT2D eigenvalue weighted by Crippen LogP contribution is 2.37. The van der Waals surface area contributed by atoms with Crippen molar-refractivity contribution >= 4 is 32.4 Å². The van der Waals surface area contributed by atoms with Gasteiger partial charge in [-0.05, 0) is 42.5 Å². The highest BCUT2D eigenvalue weighted by atomic mass is 35.5. The molecule has 1 aliphatic rings. The first-order valence-corrected chi connectivity index (χ1v) is 11.3. The zero-order valence-corrected chi connectivity index (χ0v) is 17.3. The summed E-state index contributed by atoms with van der Waals surface area (Å²) in [5.74, 6) is 0.539. The summed E-state index contributed by atoms with van der Waals surface area (Å²) in [6.07, 6.45) is 2.99.